The van der Waals surface area contributed by atoms with E-state index in [9.17, 15) is 9.59 Å². The van der Waals surface area contributed by atoms with Crippen molar-refractivity contribution in [1.82, 2.24) is 14.7 Å². The average molecular weight is 466 g/mol. The molecule has 2 fully saturated rings. The Balaban J connectivity index is 1.31. The molecule has 4 rings (SSSR count). The highest BCUT2D eigenvalue weighted by Gasteiger charge is 2.28. The molecule has 2 aliphatic rings. The van der Waals surface area contributed by atoms with Crippen LogP contribution < -0.4 is 0 Å². The van der Waals surface area contributed by atoms with E-state index in [2.05, 4.69) is 4.90 Å². The summed E-state index contributed by atoms with van der Waals surface area (Å²) in [6.45, 7) is 5.24. The molecule has 31 heavy (non-hydrogen) atoms. The summed E-state index contributed by atoms with van der Waals surface area (Å²) in [6, 6.07) is 8.36. The van der Waals surface area contributed by atoms with Gasteiger partial charge in [0.15, 0.2) is 5.76 Å². The number of rotatable bonds is 4. The highest BCUT2D eigenvalue weighted by molar-refractivity contribution is 6.42. The number of carbonyl (C=O) groups is 2. The van der Waals surface area contributed by atoms with Crippen LogP contribution in [0.3, 0.4) is 0 Å². The van der Waals surface area contributed by atoms with E-state index in [0.717, 1.165) is 19.5 Å². The van der Waals surface area contributed by atoms with Crippen molar-refractivity contribution in [1.29, 1.82) is 0 Å². The van der Waals surface area contributed by atoms with E-state index in [1.165, 1.54) is 6.26 Å². The van der Waals surface area contributed by atoms with Crippen LogP contribution in [0.25, 0.3) is 0 Å². The van der Waals surface area contributed by atoms with Gasteiger partial charge in [-0.05, 0) is 43.3 Å². The minimum Gasteiger partial charge on any atom is -0.459 e. The van der Waals surface area contributed by atoms with E-state index in [4.69, 9.17) is 32.4 Å². The Morgan fingerprint density at radius 3 is 2.61 bits per heavy atom. The highest BCUT2D eigenvalue weighted by atomic mass is 35.5. The fraction of sp³-hybridized carbons (Fsp3) is 0.455. The van der Waals surface area contributed by atoms with Gasteiger partial charge in [0.25, 0.3) is 11.8 Å². The quantitative estimate of drug-likeness (QED) is 0.692. The molecule has 0 spiro atoms. The van der Waals surface area contributed by atoms with E-state index in [1.807, 2.05) is 4.90 Å². The maximum Gasteiger partial charge on any atom is 0.289 e. The van der Waals surface area contributed by atoms with Crippen molar-refractivity contribution >= 4 is 35.0 Å². The number of nitrogens with zero attached hydrogens (tertiary/aromatic N) is 3. The topological polar surface area (TPSA) is 66.2 Å². The Kier molecular flexibility index (Phi) is 7.17. The third kappa shape index (κ3) is 5.41. The maximum atomic E-state index is 12.9. The summed E-state index contributed by atoms with van der Waals surface area (Å²) in [5, 5.41) is 0.800. The number of ether oxygens (including phenoxy) is 1. The number of hydrogen-bond acceptors (Lipinski definition) is 5. The minimum atomic E-state index is -0.0761. The molecule has 0 radical (unpaired) electrons. The molecule has 0 bridgehead atoms. The van der Waals surface area contributed by atoms with Gasteiger partial charge in [0.05, 0.1) is 29.0 Å². The fourth-order valence-corrected chi connectivity index (χ4v) is 4.32. The van der Waals surface area contributed by atoms with Crippen molar-refractivity contribution in [2.75, 3.05) is 52.4 Å². The molecule has 0 aliphatic carbocycles. The van der Waals surface area contributed by atoms with E-state index in [0.29, 0.717) is 60.7 Å². The highest BCUT2D eigenvalue weighted by Crippen LogP contribution is 2.24. The van der Waals surface area contributed by atoms with Gasteiger partial charge in [-0.1, -0.05) is 23.2 Å². The largest absolute Gasteiger partial charge is 0.459 e. The number of morpholine rings is 1. The van der Waals surface area contributed by atoms with E-state index in [1.54, 1.807) is 35.2 Å². The summed E-state index contributed by atoms with van der Waals surface area (Å²) < 4.78 is 11.2. The molecule has 2 aromatic rings. The summed E-state index contributed by atoms with van der Waals surface area (Å²) in [6.07, 6.45) is 2.32. The summed E-state index contributed by atoms with van der Waals surface area (Å²) in [7, 11) is 0. The first-order chi connectivity index (χ1) is 15.0. The first-order valence-corrected chi connectivity index (χ1v) is 11.2. The lowest BCUT2D eigenvalue weighted by Crippen LogP contribution is -2.50. The van der Waals surface area contributed by atoms with Crippen LogP contribution in [0.4, 0.5) is 0 Å². The van der Waals surface area contributed by atoms with Crippen LogP contribution >= 0.6 is 23.2 Å². The number of benzene rings is 1. The van der Waals surface area contributed by atoms with Gasteiger partial charge in [-0.3, -0.25) is 14.5 Å². The molecule has 0 N–H and O–H groups in total. The molecule has 1 aromatic heterocycles. The molecule has 9 heteroatoms. The zero-order valence-electron chi connectivity index (χ0n) is 17.1. The fourth-order valence-electron chi connectivity index (χ4n) is 4.03. The van der Waals surface area contributed by atoms with Gasteiger partial charge < -0.3 is 19.0 Å². The molecule has 166 valence electrons. The minimum absolute atomic E-state index is 0.0702. The Bertz CT molecular complexity index is 921. The molecule has 2 aliphatic heterocycles. The monoisotopic (exact) mass is 465 g/mol. The summed E-state index contributed by atoms with van der Waals surface area (Å²) in [5.41, 5.74) is 0.525. The van der Waals surface area contributed by atoms with Crippen LogP contribution in [0.2, 0.25) is 10.0 Å². The van der Waals surface area contributed by atoms with Crippen LogP contribution in [0.5, 0.6) is 0 Å². The van der Waals surface area contributed by atoms with Crippen molar-refractivity contribution in [2.24, 2.45) is 0 Å². The Hall–Kier alpha value is -2.06. The summed E-state index contributed by atoms with van der Waals surface area (Å²) >= 11 is 12.0. The maximum absolute atomic E-state index is 12.9. The summed E-state index contributed by atoms with van der Waals surface area (Å²) in [4.78, 5) is 31.4. The molecule has 0 saturated carbocycles. The molecule has 3 heterocycles. The number of halogens is 2. The van der Waals surface area contributed by atoms with E-state index < -0.39 is 0 Å². The van der Waals surface area contributed by atoms with Gasteiger partial charge in [-0.25, -0.2) is 0 Å². The Labute approximate surface area is 191 Å². The zero-order chi connectivity index (χ0) is 21.8. The normalized spacial score (nSPS) is 20.5. The molecule has 1 atom stereocenters. The molecule has 2 saturated heterocycles. The van der Waals surface area contributed by atoms with Gasteiger partial charge in [0, 0.05) is 44.8 Å². The van der Waals surface area contributed by atoms with E-state index >= 15 is 0 Å². The molecule has 1 aromatic carbocycles. The van der Waals surface area contributed by atoms with Crippen LogP contribution in [0.15, 0.2) is 41.0 Å². The predicted octanol–water partition coefficient (Wildman–Crippen LogP) is 3.28. The third-order valence-corrected chi connectivity index (χ3v) is 6.40. The Morgan fingerprint density at radius 2 is 1.84 bits per heavy atom. The first kappa shape index (κ1) is 22.1. The predicted molar refractivity (Wildman–Crippen MR) is 118 cm³/mol. The van der Waals surface area contributed by atoms with Crippen LogP contribution in [0, 0.1) is 0 Å². The summed E-state index contributed by atoms with van der Waals surface area (Å²) in [5.74, 6) is 0.234. The molecule has 2 amide bonds. The molecular weight excluding hydrogens is 441 g/mol. The number of amides is 2. The van der Waals surface area contributed by atoms with Crippen molar-refractivity contribution in [3.63, 3.8) is 0 Å². The zero-order valence-corrected chi connectivity index (χ0v) is 18.6. The second kappa shape index (κ2) is 10.0. The average Bonchev–Trinajstić information content (AvgIpc) is 3.22. The van der Waals surface area contributed by atoms with Gasteiger partial charge >= 0.3 is 0 Å². The van der Waals surface area contributed by atoms with Gasteiger partial charge in [-0.15, -0.1) is 0 Å². The second-order valence-corrected chi connectivity index (χ2v) is 8.61. The second-order valence-electron chi connectivity index (χ2n) is 7.80. The molecule has 1 unspecified atom stereocenters. The lowest BCUT2D eigenvalue weighted by molar-refractivity contribution is -0.0353. The van der Waals surface area contributed by atoms with E-state index in [-0.39, 0.29) is 17.9 Å². The lowest BCUT2D eigenvalue weighted by atomic mass is 10.1. The van der Waals surface area contributed by atoms with Gasteiger partial charge in [0.1, 0.15) is 0 Å². The third-order valence-electron chi connectivity index (χ3n) is 5.66. The standard InChI is InChI=1S/C22H25Cl2N3O4/c23-18-5-4-16(13-19(18)24)21(28)27-10-12-30-17(15-27)14-25-6-2-7-26(9-8-25)22(29)20-3-1-11-31-20/h1,3-5,11,13,17H,2,6-10,12,14-15H2. The Morgan fingerprint density at radius 1 is 0.968 bits per heavy atom. The van der Waals surface area contributed by atoms with Crippen molar-refractivity contribution in [3.05, 3.63) is 58.0 Å². The number of hydrogen-bond donors (Lipinski definition) is 0. The van der Waals surface area contributed by atoms with Gasteiger partial charge in [-0.2, -0.15) is 0 Å². The molecular formula is C22H25Cl2N3O4. The molecule has 7 nitrogen and oxygen atoms in total. The lowest BCUT2D eigenvalue weighted by Gasteiger charge is -2.35. The number of furan rings is 1. The number of carbonyl (C=O) groups excluding carboxylic acids is 2. The van der Waals surface area contributed by atoms with Crippen molar-refractivity contribution in [3.8, 4) is 0 Å². The van der Waals surface area contributed by atoms with Crippen LogP contribution in [-0.4, -0.2) is 85.0 Å². The van der Waals surface area contributed by atoms with Crippen molar-refractivity contribution in [2.45, 2.75) is 12.5 Å². The first-order valence-electron chi connectivity index (χ1n) is 10.4. The van der Waals surface area contributed by atoms with Gasteiger partial charge in [0.2, 0.25) is 0 Å². The van der Waals surface area contributed by atoms with Crippen molar-refractivity contribution < 1.29 is 18.7 Å². The van der Waals surface area contributed by atoms with Crippen LogP contribution in [-0.2, 0) is 4.74 Å². The smallest absolute Gasteiger partial charge is 0.289 e. The SMILES string of the molecule is O=C(c1ccc(Cl)c(Cl)c1)N1CCOC(CN2CCCN(C(=O)c3ccco3)CC2)C1. The van der Waals surface area contributed by atoms with Crippen LogP contribution in [0.1, 0.15) is 27.3 Å².